The van der Waals surface area contributed by atoms with E-state index < -0.39 is 0 Å². The van der Waals surface area contributed by atoms with Crippen molar-refractivity contribution in [3.8, 4) is 11.5 Å². The monoisotopic (exact) mass is 359 g/mol. The summed E-state index contributed by atoms with van der Waals surface area (Å²) < 4.78 is 10.9. The summed E-state index contributed by atoms with van der Waals surface area (Å²) >= 11 is 0. The summed E-state index contributed by atoms with van der Waals surface area (Å²) in [4.78, 5) is 26.5. The van der Waals surface area contributed by atoms with E-state index in [4.69, 9.17) is 9.47 Å². The Kier molecular flexibility index (Phi) is 4.34. The molecule has 4 rings (SSSR count). The van der Waals surface area contributed by atoms with Crippen molar-refractivity contribution >= 4 is 17.5 Å². The van der Waals surface area contributed by atoms with Crippen molar-refractivity contribution in [3.63, 3.8) is 0 Å². The highest BCUT2D eigenvalue weighted by Crippen LogP contribution is 2.29. The normalized spacial score (nSPS) is 12.9. The van der Waals surface area contributed by atoms with Gasteiger partial charge < -0.3 is 9.47 Å². The minimum Gasteiger partial charge on any atom is -0.497 e. The molecule has 0 aromatic heterocycles. The molecule has 0 saturated carbocycles. The second kappa shape index (κ2) is 6.96. The lowest BCUT2D eigenvalue weighted by Gasteiger charge is -2.15. The number of hydrogen-bond acceptors (Lipinski definition) is 4. The van der Waals surface area contributed by atoms with Crippen molar-refractivity contribution < 1.29 is 19.1 Å². The van der Waals surface area contributed by atoms with Crippen molar-refractivity contribution in [1.29, 1.82) is 0 Å². The van der Waals surface area contributed by atoms with Gasteiger partial charge in [0, 0.05) is 0 Å². The fraction of sp³-hybridized carbons (Fsp3) is 0.0909. The van der Waals surface area contributed by atoms with Crippen LogP contribution in [0.1, 0.15) is 26.3 Å². The van der Waals surface area contributed by atoms with Gasteiger partial charge in [-0.15, -0.1) is 0 Å². The molecule has 1 heterocycles. The van der Waals surface area contributed by atoms with E-state index in [1.807, 2.05) is 36.4 Å². The average Bonchev–Trinajstić information content (AvgIpc) is 2.98. The summed E-state index contributed by atoms with van der Waals surface area (Å²) in [6.45, 7) is 0.323. The molecule has 0 unspecified atom stereocenters. The summed E-state index contributed by atoms with van der Waals surface area (Å²) in [6.07, 6.45) is 0. The number of amides is 2. The lowest BCUT2D eigenvalue weighted by Crippen LogP contribution is -2.29. The van der Waals surface area contributed by atoms with Crippen molar-refractivity contribution in [2.45, 2.75) is 6.61 Å². The van der Waals surface area contributed by atoms with Crippen molar-refractivity contribution in [3.05, 3.63) is 89.5 Å². The largest absolute Gasteiger partial charge is 0.497 e. The molecule has 3 aromatic rings. The van der Waals surface area contributed by atoms with Gasteiger partial charge in [-0.1, -0.05) is 24.3 Å². The molecule has 2 amide bonds. The number of carbonyl (C=O) groups excluding carboxylic acids is 2. The molecule has 134 valence electrons. The first-order chi connectivity index (χ1) is 13.2. The van der Waals surface area contributed by atoms with Crippen LogP contribution in [0, 0.1) is 0 Å². The number of imide groups is 1. The Labute approximate surface area is 156 Å². The molecule has 5 nitrogen and oxygen atoms in total. The Morgan fingerprint density at radius 1 is 0.778 bits per heavy atom. The molecule has 5 heteroatoms. The van der Waals surface area contributed by atoms with Gasteiger partial charge in [0.15, 0.2) is 0 Å². The van der Waals surface area contributed by atoms with Crippen molar-refractivity contribution in [2.24, 2.45) is 0 Å². The van der Waals surface area contributed by atoms with Crippen LogP contribution in [-0.4, -0.2) is 18.9 Å². The summed E-state index contributed by atoms with van der Waals surface area (Å²) in [5.41, 5.74) is 2.27. The Hall–Kier alpha value is -3.60. The van der Waals surface area contributed by atoms with E-state index in [2.05, 4.69) is 0 Å². The number of rotatable bonds is 5. The first-order valence-electron chi connectivity index (χ1n) is 8.51. The van der Waals surface area contributed by atoms with Crippen LogP contribution in [0.2, 0.25) is 0 Å². The van der Waals surface area contributed by atoms with Crippen LogP contribution in [-0.2, 0) is 6.61 Å². The fourth-order valence-electron chi connectivity index (χ4n) is 3.05. The molecule has 0 N–H and O–H groups in total. The maximum Gasteiger partial charge on any atom is 0.266 e. The molecule has 0 atom stereocenters. The summed E-state index contributed by atoms with van der Waals surface area (Å²) in [7, 11) is 1.61. The molecule has 0 saturated heterocycles. The third kappa shape index (κ3) is 3.15. The number of carbonyl (C=O) groups is 2. The van der Waals surface area contributed by atoms with Crippen LogP contribution in [0.3, 0.4) is 0 Å². The second-order valence-corrected chi connectivity index (χ2v) is 6.13. The van der Waals surface area contributed by atoms with Crippen LogP contribution in [0.25, 0.3) is 0 Å². The molecular weight excluding hydrogens is 342 g/mol. The highest BCUT2D eigenvalue weighted by atomic mass is 16.5. The van der Waals surface area contributed by atoms with E-state index in [0.717, 1.165) is 11.3 Å². The number of hydrogen-bond donors (Lipinski definition) is 0. The van der Waals surface area contributed by atoms with E-state index in [1.54, 1.807) is 43.5 Å². The minimum atomic E-state index is -0.302. The molecule has 3 aromatic carbocycles. The molecular formula is C22H17NO4. The fourth-order valence-corrected chi connectivity index (χ4v) is 3.05. The zero-order valence-electron chi connectivity index (χ0n) is 14.7. The quantitative estimate of drug-likeness (QED) is 0.644. The van der Waals surface area contributed by atoms with Crippen LogP contribution in [0.5, 0.6) is 11.5 Å². The summed E-state index contributed by atoms with van der Waals surface area (Å²) in [5.74, 6) is 0.865. The van der Waals surface area contributed by atoms with Gasteiger partial charge in [-0.2, -0.15) is 0 Å². The Bertz CT molecular complexity index is 976. The molecule has 0 aliphatic carbocycles. The third-order valence-electron chi connectivity index (χ3n) is 4.43. The lowest BCUT2D eigenvalue weighted by atomic mass is 10.1. The van der Waals surface area contributed by atoms with Crippen molar-refractivity contribution in [2.75, 3.05) is 12.0 Å². The van der Waals surface area contributed by atoms with Gasteiger partial charge in [-0.05, 0) is 54.1 Å². The van der Waals surface area contributed by atoms with Crippen LogP contribution >= 0.6 is 0 Å². The number of benzene rings is 3. The van der Waals surface area contributed by atoms with Gasteiger partial charge in [0.2, 0.25) is 0 Å². The van der Waals surface area contributed by atoms with E-state index in [1.165, 1.54) is 4.90 Å². The predicted octanol–water partition coefficient (Wildman–Crippen LogP) is 4.07. The maximum atomic E-state index is 12.6. The van der Waals surface area contributed by atoms with Crippen LogP contribution < -0.4 is 14.4 Å². The molecule has 27 heavy (non-hydrogen) atoms. The Morgan fingerprint density at radius 2 is 1.41 bits per heavy atom. The molecule has 1 aliphatic heterocycles. The zero-order valence-corrected chi connectivity index (χ0v) is 14.7. The van der Waals surface area contributed by atoms with Gasteiger partial charge in [-0.25, -0.2) is 4.90 Å². The number of nitrogens with zero attached hydrogens (tertiary/aromatic N) is 1. The van der Waals surface area contributed by atoms with Gasteiger partial charge in [0.1, 0.15) is 18.1 Å². The number of anilines is 1. The summed E-state index contributed by atoms with van der Waals surface area (Å²) in [5, 5.41) is 0. The van der Waals surface area contributed by atoms with Crippen LogP contribution in [0.4, 0.5) is 5.69 Å². The second-order valence-electron chi connectivity index (χ2n) is 6.13. The molecule has 0 bridgehead atoms. The SMILES string of the molecule is COc1ccc(OCc2cccc(N3C(=O)c4ccccc4C3=O)c2)cc1. The molecule has 0 spiro atoms. The van der Waals surface area contributed by atoms with E-state index >= 15 is 0 Å². The van der Waals surface area contributed by atoms with Gasteiger partial charge >= 0.3 is 0 Å². The van der Waals surface area contributed by atoms with Gasteiger partial charge in [0.25, 0.3) is 11.8 Å². The summed E-state index contributed by atoms with van der Waals surface area (Å²) in [6, 6.07) is 21.4. The number of ether oxygens (including phenoxy) is 2. The number of methoxy groups -OCH3 is 1. The first-order valence-corrected chi connectivity index (χ1v) is 8.51. The standard InChI is InChI=1S/C22H17NO4/c1-26-17-9-11-18(12-10-17)27-14-15-5-4-6-16(13-15)23-21(24)19-7-2-3-8-20(19)22(23)25/h2-13H,14H2,1H3. The highest BCUT2D eigenvalue weighted by molar-refractivity contribution is 6.34. The molecule has 0 radical (unpaired) electrons. The topological polar surface area (TPSA) is 55.8 Å². The van der Waals surface area contributed by atoms with Gasteiger partial charge in [0.05, 0.1) is 23.9 Å². The predicted molar refractivity (Wildman–Crippen MR) is 101 cm³/mol. The number of fused-ring (bicyclic) bond motifs is 1. The minimum absolute atomic E-state index is 0.302. The first kappa shape index (κ1) is 16.8. The smallest absolute Gasteiger partial charge is 0.266 e. The Balaban J connectivity index is 1.53. The van der Waals surface area contributed by atoms with Crippen LogP contribution in [0.15, 0.2) is 72.8 Å². The zero-order chi connectivity index (χ0) is 18.8. The maximum absolute atomic E-state index is 12.6. The Morgan fingerprint density at radius 3 is 2.04 bits per heavy atom. The van der Waals surface area contributed by atoms with E-state index in [0.29, 0.717) is 29.2 Å². The van der Waals surface area contributed by atoms with E-state index in [9.17, 15) is 9.59 Å². The molecule has 0 fully saturated rings. The third-order valence-corrected chi connectivity index (χ3v) is 4.43. The highest BCUT2D eigenvalue weighted by Gasteiger charge is 2.36. The average molecular weight is 359 g/mol. The lowest BCUT2D eigenvalue weighted by molar-refractivity contribution is 0.0926. The molecule has 1 aliphatic rings. The van der Waals surface area contributed by atoms with E-state index in [-0.39, 0.29) is 11.8 Å². The van der Waals surface area contributed by atoms with Crippen molar-refractivity contribution in [1.82, 2.24) is 0 Å². The van der Waals surface area contributed by atoms with Gasteiger partial charge in [-0.3, -0.25) is 9.59 Å².